The summed E-state index contributed by atoms with van der Waals surface area (Å²) in [5, 5.41) is 0. The van der Waals surface area contributed by atoms with E-state index in [1.807, 2.05) is 25.1 Å². The van der Waals surface area contributed by atoms with Crippen LogP contribution in [0.2, 0.25) is 0 Å². The highest BCUT2D eigenvalue weighted by Gasteiger charge is 2.10. The summed E-state index contributed by atoms with van der Waals surface area (Å²) in [4.78, 5) is 0. The molecule has 0 amide bonds. The standard InChI is InChI=1S/C14H12ClFO/c1-10-4-2-6-12(8-10)17-14-11(9-15)5-3-7-13(14)16/h2-8H,9H2,1H3. The predicted octanol–water partition coefficient (Wildman–Crippen LogP) is 4.67. The van der Waals surface area contributed by atoms with Gasteiger partial charge in [0, 0.05) is 5.56 Å². The largest absolute Gasteiger partial charge is 0.454 e. The van der Waals surface area contributed by atoms with Crippen LogP contribution in [0.4, 0.5) is 4.39 Å². The van der Waals surface area contributed by atoms with E-state index in [0.717, 1.165) is 5.56 Å². The van der Waals surface area contributed by atoms with Crippen molar-refractivity contribution >= 4 is 11.6 Å². The molecule has 0 radical (unpaired) electrons. The minimum absolute atomic E-state index is 0.202. The van der Waals surface area contributed by atoms with Crippen molar-refractivity contribution in [2.45, 2.75) is 12.8 Å². The van der Waals surface area contributed by atoms with Crippen molar-refractivity contribution in [3.05, 3.63) is 59.4 Å². The normalized spacial score (nSPS) is 10.3. The predicted molar refractivity (Wildman–Crippen MR) is 67.2 cm³/mol. The van der Waals surface area contributed by atoms with Crippen molar-refractivity contribution < 1.29 is 9.13 Å². The second-order valence-corrected chi connectivity index (χ2v) is 4.05. The Morgan fingerprint density at radius 3 is 2.65 bits per heavy atom. The second kappa shape index (κ2) is 5.19. The van der Waals surface area contributed by atoms with Crippen LogP contribution in [0.25, 0.3) is 0 Å². The highest BCUT2D eigenvalue weighted by Crippen LogP contribution is 2.29. The third-order valence-corrected chi connectivity index (χ3v) is 2.69. The van der Waals surface area contributed by atoms with Crippen LogP contribution in [0.15, 0.2) is 42.5 Å². The summed E-state index contributed by atoms with van der Waals surface area (Å²) in [6, 6.07) is 12.2. The van der Waals surface area contributed by atoms with Gasteiger partial charge in [0.25, 0.3) is 0 Å². The fourth-order valence-electron chi connectivity index (χ4n) is 1.57. The third kappa shape index (κ3) is 2.77. The van der Waals surface area contributed by atoms with Gasteiger partial charge in [0.1, 0.15) is 5.75 Å². The Morgan fingerprint density at radius 2 is 1.94 bits per heavy atom. The number of hydrogen-bond acceptors (Lipinski definition) is 1. The van der Waals surface area contributed by atoms with E-state index in [1.165, 1.54) is 6.07 Å². The molecule has 0 spiro atoms. The fourth-order valence-corrected chi connectivity index (χ4v) is 1.78. The average Bonchev–Trinajstić information content (AvgIpc) is 2.32. The minimum atomic E-state index is -0.398. The molecule has 3 heteroatoms. The van der Waals surface area contributed by atoms with Gasteiger partial charge in [-0.15, -0.1) is 11.6 Å². The van der Waals surface area contributed by atoms with Crippen molar-refractivity contribution in [2.75, 3.05) is 0 Å². The fraction of sp³-hybridized carbons (Fsp3) is 0.143. The molecule has 0 aromatic heterocycles. The van der Waals surface area contributed by atoms with Crippen molar-refractivity contribution in [3.8, 4) is 11.5 Å². The van der Waals surface area contributed by atoms with E-state index in [-0.39, 0.29) is 11.6 Å². The summed E-state index contributed by atoms with van der Waals surface area (Å²) in [6.45, 7) is 1.96. The molecule has 1 nitrogen and oxygen atoms in total. The maximum Gasteiger partial charge on any atom is 0.167 e. The molecule has 0 fully saturated rings. The Kier molecular flexibility index (Phi) is 3.64. The van der Waals surface area contributed by atoms with Crippen LogP contribution >= 0.6 is 11.6 Å². The Bertz CT molecular complexity index is 525. The smallest absolute Gasteiger partial charge is 0.167 e. The van der Waals surface area contributed by atoms with Gasteiger partial charge in [0.2, 0.25) is 0 Å². The number of hydrogen-bond donors (Lipinski definition) is 0. The molecule has 2 aromatic rings. The maximum absolute atomic E-state index is 13.6. The Labute approximate surface area is 105 Å². The molecule has 0 bridgehead atoms. The van der Waals surface area contributed by atoms with Crippen LogP contribution in [-0.2, 0) is 5.88 Å². The molecular weight excluding hydrogens is 239 g/mol. The average molecular weight is 251 g/mol. The molecule has 0 saturated heterocycles. The zero-order valence-corrected chi connectivity index (χ0v) is 10.2. The highest BCUT2D eigenvalue weighted by atomic mass is 35.5. The number of rotatable bonds is 3. The number of aryl methyl sites for hydroxylation is 1. The first kappa shape index (κ1) is 11.9. The second-order valence-electron chi connectivity index (χ2n) is 3.78. The third-order valence-electron chi connectivity index (χ3n) is 2.40. The van der Waals surface area contributed by atoms with E-state index in [2.05, 4.69) is 0 Å². The van der Waals surface area contributed by atoms with Crippen molar-refractivity contribution in [1.29, 1.82) is 0 Å². The van der Waals surface area contributed by atoms with E-state index in [9.17, 15) is 4.39 Å². The number of benzene rings is 2. The quantitative estimate of drug-likeness (QED) is 0.720. The van der Waals surface area contributed by atoms with Crippen LogP contribution in [-0.4, -0.2) is 0 Å². The van der Waals surface area contributed by atoms with Gasteiger partial charge < -0.3 is 4.74 Å². The zero-order valence-electron chi connectivity index (χ0n) is 9.41. The van der Waals surface area contributed by atoms with Gasteiger partial charge in [0.15, 0.2) is 11.6 Å². The summed E-state index contributed by atoms with van der Waals surface area (Å²) in [5.41, 5.74) is 1.71. The van der Waals surface area contributed by atoms with Gasteiger partial charge in [-0.2, -0.15) is 0 Å². The lowest BCUT2D eigenvalue weighted by Gasteiger charge is -2.10. The lowest BCUT2D eigenvalue weighted by Crippen LogP contribution is -1.93. The molecule has 88 valence electrons. The molecule has 0 heterocycles. The molecule has 2 rings (SSSR count). The lowest BCUT2D eigenvalue weighted by molar-refractivity contribution is 0.438. The van der Waals surface area contributed by atoms with Crippen molar-refractivity contribution in [3.63, 3.8) is 0 Å². The lowest BCUT2D eigenvalue weighted by atomic mass is 10.2. The summed E-state index contributed by atoms with van der Waals surface area (Å²) < 4.78 is 19.2. The van der Waals surface area contributed by atoms with Crippen LogP contribution in [0.1, 0.15) is 11.1 Å². The van der Waals surface area contributed by atoms with Gasteiger partial charge in [-0.05, 0) is 30.7 Å². The molecule has 0 atom stereocenters. The Balaban J connectivity index is 2.35. The molecule has 0 unspecified atom stereocenters. The molecular formula is C14H12ClFO. The number of halogens is 2. The first-order valence-corrected chi connectivity index (χ1v) is 5.82. The topological polar surface area (TPSA) is 9.23 Å². The summed E-state index contributed by atoms with van der Waals surface area (Å²) in [6.07, 6.45) is 0. The van der Waals surface area contributed by atoms with Gasteiger partial charge in [-0.3, -0.25) is 0 Å². The van der Waals surface area contributed by atoms with E-state index in [0.29, 0.717) is 11.3 Å². The number of para-hydroxylation sites is 1. The van der Waals surface area contributed by atoms with E-state index < -0.39 is 5.82 Å². The molecule has 0 aliphatic carbocycles. The van der Waals surface area contributed by atoms with Gasteiger partial charge in [-0.1, -0.05) is 24.3 Å². The van der Waals surface area contributed by atoms with E-state index in [1.54, 1.807) is 18.2 Å². The SMILES string of the molecule is Cc1cccc(Oc2c(F)cccc2CCl)c1. The monoisotopic (exact) mass is 250 g/mol. The Hall–Kier alpha value is -1.54. The van der Waals surface area contributed by atoms with Crippen LogP contribution < -0.4 is 4.74 Å². The van der Waals surface area contributed by atoms with Crippen molar-refractivity contribution in [1.82, 2.24) is 0 Å². The first-order valence-electron chi connectivity index (χ1n) is 5.28. The summed E-state index contributed by atoms with van der Waals surface area (Å²) in [5.74, 6) is 0.637. The summed E-state index contributed by atoms with van der Waals surface area (Å²) in [7, 11) is 0. The maximum atomic E-state index is 13.6. The minimum Gasteiger partial charge on any atom is -0.454 e. The molecule has 2 aromatic carbocycles. The van der Waals surface area contributed by atoms with Crippen molar-refractivity contribution in [2.24, 2.45) is 0 Å². The highest BCUT2D eigenvalue weighted by molar-refractivity contribution is 6.17. The number of alkyl halides is 1. The first-order chi connectivity index (χ1) is 8.20. The van der Waals surface area contributed by atoms with Gasteiger partial charge in [0.05, 0.1) is 5.88 Å². The molecule has 0 aliphatic rings. The van der Waals surface area contributed by atoms with Crippen LogP contribution in [0.3, 0.4) is 0 Å². The van der Waals surface area contributed by atoms with E-state index in [4.69, 9.17) is 16.3 Å². The molecule has 17 heavy (non-hydrogen) atoms. The van der Waals surface area contributed by atoms with Crippen LogP contribution in [0.5, 0.6) is 11.5 Å². The number of ether oxygens (including phenoxy) is 1. The Morgan fingerprint density at radius 1 is 1.18 bits per heavy atom. The van der Waals surface area contributed by atoms with Gasteiger partial charge in [-0.25, -0.2) is 4.39 Å². The van der Waals surface area contributed by atoms with Crippen LogP contribution in [0, 0.1) is 12.7 Å². The zero-order chi connectivity index (χ0) is 12.3. The van der Waals surface area contributed by atoms with Gasteiger partial charge >= 0.3 is 0 Å². The molecule has 0 saturated carbocycles. The summed E-state index contributed by atoms with van der Waals surface area (Å²) >= 11 is 5.75. The molecule has 0 aliphatic heterocycles. The molecule has 0 N–H and O–H groups in total. The van der Waals surface area contributed by atoms with E-state index >= 15 is 0 Å².